The molecule has 0 unspecified atom stereocenters. The molecule has 0 atom stereocenters. The van der Waals surface area contributed by atoms with Crippen LogP contribution in [0.2, 0.25) is 0 Å². The summed E-state index contributed by atoms with van der Waals surface area (Å²) in [6, 6.07) is 17.1. The van der Waals surface area contributed by atoms with E-state index in [1.165, 1.54) is 28.9 Å². The van der Waals surface area contributed by atoms with Gasteiger partial charge in [0, 0.05) is 7.05 Å². The predicted molar refractivity (Wildman–Crippen MR) is 130 cm³/mol. The van der Waals surface area contributed by atoms with Crippen LogP contribution in [0.1, 0.15) is 5.69 Å². The number of hydrogen-bond acceptors (Lipinski definition) is 5. The highest BCUT2D eigenvalue weighted by Crippen LogP contribution is 2.28. The molecule has 0 saturated heterocycles. The Kier molecular flexibility index (Phi) is 6.40. The summed E-state index contributed by atoms with van der Waals surface area (Å²) in [5, 5.41) is 4.10. The van der Waals surface area contributed by atoms with Crippen molar-refractivity contribution in [3.63, 3.8) is 0 Å². The Morgan fingerprint density at radius 1 is 1.06 bits per heavy atom. The number of aromatic nitrogens is 2. The number of rotatable bonds is 7. The number of halogens is 1. The fraction of sp³-hybridized carbons (Fsp3) is 0.130. The average molecular weight is 501 g/mol. The molecule has 0 spiro atoms. The SMILES string of the molecule is Cc1c(NC(=O)CN(c2ccccc2F)S(=O)(=O)c2cccs2)c(=O)n(-c2ccccc2)n1C. The summed E-state index contributed by atoms with van der Waals surface area (Å²) in [4.78, 5) is 26.1. The highest BCUT2D eigenvalue weighted by molar-refractivity contribution is 7.94. The van der Waals surface area contributed by atoms with Crippen molar-refractivity contribution >= 4 is 38.6 Å². The number of hydrogen-bond donors (Lipinski definition) is 1. The van der Waals surface area contributed by atoms with Gasteiger partial charge in [0.05, 0.1) is 17.1 Å². The van der Waals surface area contributed by atoms with E-state index in [4.69, 9.17) is 0 Å². The molecule has 176 valence electrons. The molecule has 2 aromatic heterocycles. The molecule has 2 aromatic carbocycles. The molecule has 1 N–H and O–H groups in total. The molecule has 0 saturated carbocycles. The lowest BCUT2D eigenvalue weighted by molar-refractivity contribution is -0.114. The zero-order chi connectivity index (χ0) is 24.5. The summed E-state index contributed by atoms with van der Waals surface area (Å²) in [5.74, 6) is -1.58. The number of anilines is 2. The smallest absolute Gasteiger partial charge is 0.295 e. The van der Waals surface area contributed by atoms with Gasteiger partial charge in [-0.05, 0) is 42.6 Å². The third-order valence-corrected chi connectivity index (χ3v) is 8.40. The van der Waals surface area contributed by atoms with Crippen LogP contribution in [0.15, 0.2) is 81.1 Å². The molecule has 2 heterocycles. The zero-order valence-electron chi connectivity index (χ0n) is 18.3. The number of nitrogens with zero attached hydrogens (tertiary/aromatic N) is 3. The maximum absolute atomic E-state index is 14.6. The number of carbonyl (C=O) groups is 1. The summed E-state index contributed by atoms with van der Waals surface area (Å²) in [5.41, 5.74) is 0.349. The number of amides is 1. The Labute approximate surface area is 199 Å². The minimum Gasteiger partial charge on any atom is -0.318 e. The van der Waals surface area contributed by atoms with Gasteiger partial charge in [0.1, 0.15) is 22.3 Å². The third kappa shape index (κ3) is 4.27. The van der Waals surface area contributed by atoms with Crippen molar-refractivity contribution in [2.75, 3.05) is 16.2 Å². The van der Waals surface area contributed by atoms with E-state index in [0.29, 0.717) is 15.7 Å². The van der Waals surface area contributed by atoms with Gasteiger partial charge < -0.3 is 5.32 Å². The molecule has 0 radical (unpaired) electrons. The Morgan fingerprint density at radius 2 is 1.74 bits per heavy atom. The van der Waals surface area contributed by atoms with Crippen molar-refractivity contribution in [3.05, 3.63) is 94.0 Å². The predicted octanol–water partition coefficient (Wildman–Crippen LogP) is 3.52. The molecular formula is C23H21FN4O4S2. The molecule has 8 nitrogen and oxygen atoms in total. The lowest BCUT2D eigenvalue weighted by Crippen LogP contribution is -2.39. The van der Waals surface area contributed by atoms with Gasteiger partial charge in [0.2, 0.25) is 5.91 Å². The van der Waals surface area contributed by atoms with Crippen LogP contribution in [0.3, 0.4) is 0 Å². The maximum Gasteiger partial charge on any atom is 0.295 e. The van der Waals surface area contributed by atoms with Gasteiger partial charge in [-0.15, -0.1) is 11.3 Å². The number of benzene rings is 2. The second-order valence-corrected chi connectivity index (χ2v) is 10.4. The van der Waals surface area contributed by atoms with Crippen molar-refractivity contribution in [3.8, 4) is 5.69 Å². The molecule has 0 aliphatic heterocycles. The first-order valence-electron chi connectivity index (χ1n) is 10.2. The Balaban J connectivity index is 1.69. The highest BCUT2D eigenvalue weighted by atomic mass is 32.2. The van der Waals surface area contributed by atoms with Crippen LogP contribution in [-0.2, 0) is 21.9 Å². The van der Waals surface area contributed by atoms with Crippen LogP contribution in [0.5, 0.6) is 0 Å². The first kappa shape index (κ1) is 23.5. The van der Waals surface area contributed by atoms with Crippen molar-refractivity contribution in [2.24, 2.45) is 7.05 Å². The van der Waals surface area contributed by atoms with Crippen molar-refractivity contribution in [1.29, 1.82) is 0 Å². The standard InChI is InChI=1S/C23H21FN4O4S2/c1-16-22(23(30)28(26(16)2)17-9-4-3-5-10-17)25-20(29)15-27(19-12-7-6-11-18(19)24)34(31,32)21-13-8-14-33-21/h3-14H,15H2,1-2H3,(H,25,29). The summed E-state index contributed by atoms with van der Waals surface area (Å²) >= 11 is 0.957. The molecule has 34 heavy (non-hydrogen) atoms. The normalized spacial score (nSPS) is 11.4. The molecular weight excluding hydrogens is 479 g/mol. The number of carbonyl (C=O) groups excluding carboxylic acids is 1. The van der Waals surface area contributed by atoms with Crippen LogP contribution in [0, 0.1) is 12.7 Å². The Morgan fingerprint density at radius 3 is 2.38 bits per heavy atom. The van der Waals surface area contributed by atoms with Gasteiger partial charge in [0.25, 0.3) is 15.6 Å². The largest absolute Gasteiger partial charge is 0.318 e. The van der Waals surface area contributed by atoms with Crippen molar-refractivity contribution in [2.45, 2.75) is 11.1 Å². The topological polar surface area (TPSA) is 93.4 Å². The minimum absolute atomic E-state index is 0.0124. The maximum atomic E-state index is 14.6. The summed E-state index contributed by atoms with van der Waals surface area (Å²) in [6.07, 6.45) is 0. The zero-order valence-corrected chi connectivity index (χ0v) is 19.9. The van der Waals surface area contributed by atoms with Gasteiger partial charge in [-0.2, -0.15) is 0 Å². The summed E-state index contributed by atoms with van der Waals surface area (Å²) in [7, 11) is -2.55. The molecule has 0 aliphatic rings. The van der Waals surface area contributed by atoms with Gasteiger partial charge in [-0.25, -0.2) is 17.5 Å². The van der Waals surface area contributed by atoms with E-state index in [2.05, 4.69) is 5.32 Å². The third-order valence-electron chi connectivity index (χ3n) is 5.27. The number of sulfonamides is 1. The van der Waals surface area contributed by atoms with Crippen molar-refractivity contribution in [1.82, 2.24) is 9.36 Å². The molecule has 1 amide bonds. The fourth-order valence-corrected chi connectivity index (χ4v) is 6.03. The second-order valence-electron chi connectivity index (χ2n) is 7.38. The van der Waals surface area contributed by atoms with E-state index in [1.54, 1.807) is 54.4 Å². The number of thiophene rings is 1. The molecule has 0 fully saturated rings. The summed E-state index contributed by atoms with van der Waals surface area (Å²) < 4.78 is 44.7. The van der Waals surface area contributed by atoms with Crippen LogP contribution in [0.4, 0.5) is 15.8 Å². The van der Waals surface area contributed by atoms with Gasteiger partial charge in [0.15, 0.2) is 0 Å². The van der Waals surface area contributed by atoms with Gasteiger partial charge in [-0.3, -0.25) is 18.6 Å². The monoisotopic (exact) mass is 500 g/mol. The molecule has 4 rings (SSSR count). The molecule has 0 bridgehead atoms. The minimum atomic E-state index is -4.22. The van der Waals surface area contributed by atoms with Crippen LogP contribution < -0.4 is 15.2 Å². The first-order chi connectivity index (χ1) is 16.2. The summed E-state index contributed by atoms with van der Waals surface area (Å²) in [6.45, 7) is 0.938. The highest BCUT2D eigenvalue weighted by Gasteiger charge is 2.30. The molecule has 4 aromatic rings. The van der Waals surface area contributed by atoms with Crippen molar-refractivity contribution < 1.29 is 17.6 Å². The van der Waals surface area contributed by atoms with Gasteiger partial charge >= 0.3 is 0 Å². The fourth-order valence-electron chi connectivity index (χ4n) is 3.49. The van der Waals surface area contributed by atoms with E-state index in [0.717, 1.165) is 17.4 Å². The Hall–Kier alpha value is -3.70. The van der Waals surface area contributed by atoms with E-state index in [-0.39, 0.29) is 15.6 Å². The van der Waals surface area contributed by atoms with Crippen LogP contribution in [-0.4, -0.2) is 30.2 Å². The molecule has 11 heteroatoms. The lowest BCUT2D eigenvalue weighted by atomic mass is 10.3. The average Bonchev–Trinajstić information content (AvgIpc) is 3.43. The first-order valence-corrected chi connectivity index (χ1v) is 12.5. The number of nitrogens with one attached hydrogen (secondary N) is 1. The van der Waals surface area contributed by atoms with E-state index >= 15 is 0 Å². The molecule has 0 aliphatic carbocycles. The van der Waals surface area contributed by atoms with E-state index < -0.39 is 33.9 Å². The quantitative estimate of drug-likeness (QED) is 0.420. The van der Waals surface area contributed by atoms with Gasteiger partial charge in [-0.1, -0.05) is 36.4 Å². The second kappa shape index (κ2) is 9.27. The van der Waals surface area contributed by atoms with Crippen LogP contribution >= 0.6 is 11.3 Å². The van der Waals surface area contributed by atoms with E-state index in [1.807, 2.05) is 6.07 Å². The van der Waals surface area contributed by atoms with E-state index in [9.17, 15) is 22.4 Å². The van der Waals surface area contributed by atoms with Crippen LogP contribution in [0.25, 0.3) is 5.69 Å². The lowest BCUT2D eigenvalue weighted by Gasteiger charge is -2.23. The Bertz CT molecular complexity index is 1490. The number of para-hydroxylation sites is 2.